The molecule has 0 atom stereocenters. The number of non-ortho nitro benzene ring substituents is 1. The van der Waals surface area contributed by atoms with Gasteiger partial charge in [-0.1, -0.05) is 54.1 Å². The van der Waals surface area contributed by atoms with Crippen molar-refractivity contribution in [3.63, 3.8) is 0 Å². The Balaban J connectivity index is 1.98. The van der Waals surface area contributed by atoms with E-state index in [1.54, 1.807) is 42.5 Å². The lowest BCUT2D eigenvalue weighted by atomic mass is 10.0. The second kappa shape index (κ2) is 8.29. The number of carbonyl (C=O) groups excluding carboxylic acids is 1. The molecule has 3 aromatic carbocycles. The van der Waals surface area contributed by atoms with Crippen molar-refractivity contribution in [1.82, 2.24) is 0 Å². The van der Waals surface area contributed by atoms with E-state index in [0.29, 0.717) is 27.4 Å². The third-order valence-electron chi connectivity index (χ3n) is 3.82. The van der Waals surface area contributed by atoms with Crippen LogP contribution in [0, 0.1) is 10.1 Å². The van der Waals surface area contributed by atoms with Gasteiger partial charge in [0.15, 0.2) is 0 Å². The normalized spacial score (nSPS) is 11.1. The minimum Gasteiger partial charge on any atom is -0.322 e. The molecule has 0 spiro atoms. The van der Waals surface area contributed by atoms with Crippen molar-refractivity contribution in [2.45, 2.75) is 0 Å². The molecular weight excluding hydrogens is 364 g/mol. The summed E-state index contributed by atoms with van der Waals surface area (Å²) in [5, 5.41) is 14.4. The maximum Gasteiger partial charge on any atom is 0.270 e. The van der Waals surface area contributed by atoms with Crippen molar-refractivity contribution in [2.75, 3.05) is 5.32 Å². The second-order valence-electron chi connectivity index (χ2n) is 5.74. The average Bonchev–Trinajstić information content (AvgIpc) is 2.68. The molecule has 5 nitrogen and oxygen atoms in total. The number of anilines is 1. The number of carbonyl (C=O) groups is 1. The first-order valence-electron chi connectivity index (χ1n) is 8.11. The van der Waals surface area contributed by atoms with Gasteiger partial charge in [-0.2, -0.15) is 0 Å². The topological polar surface area (TPSA) is 72.2 Å². The predicted molar refractivity (Wildman–Crippen MR) is 107 cm³/mol. The fourth-order valence-corrected chi connectivity index (χ4v) is 2.65. The Labute approximate surface area is 161 Å². The Morgan fingerprint density at radius 1 is 0.963 bits per heavy atom. The van der Waals surface area contributed by atoms with Crippen molar-refractivity contribution >= 4 is 40.5 Å². The van der Waals surface area contributed by atoms with E-state index in [9.17, 15) is 14.9 Å². The number of hydrogen-bond donors (Lipinski definition) is 1. The summed E-state index contributed by atoms with van der Waals surface area (Å²) in [4.78, 5) is 23.4. The van der Waals surface area contributed by atoms with E-state index in [4.69, 9.17) is 11.6 Å². The molecule has 134 valence electrons. The van der Waals surface area contributed by atoms with Crippen LogP contribution in [0.5, 0.6) is 0 Å². The van der Waals surface area contributed by atoms with Crippen molar-refractivity contribution in [3.8, 4) is 0 Å². The molecule has 0 aromatic heterocycles. The molecule has 0 unspecified atom stereocenters. The lowest BCUT2D eigenvalue weighted by Gasteiger charge is -2.10. The van der Waals surface area contributed by atoms with E-state index in [-0.39, 0.29) is 11.6 Å². The van der Waals surface area contributed by atoms with Gasteiger partial charge in [-0.25, -0.2) is 0 Å². The van der Waals surface area contributed by atoms with Crippen LogP contribution in [0.3, 0.4) is 0 Å². The highest BCUT2D eigenvalue weighted by Crippen LogP contribution is 2.23. The molecule has 0 fully saturated rings. The van der Waals surface area contributed by atoms with Crippen LogP contribution in [0.2, 0.25) is 5.02 Å². The number of benzene rings is 3. The summed E-state index contributed by atoms with van der Waals surface area (Å²) < 4.78 is 0. The van der Waals surface area contributed by atoms with Gasteiger partial charge in [0.1, 0.15) is 0 Å². The lowest BCUT2D eigenvalue weighted by molar-refractivity contribution is -0.384. The third-order valence-corrected chi connectivity index (χ3v) is 4.08. The Morgan fingerprint density at radius 3 is 2.33 bits per heavy atom. The highest BCUT2D eigenvalue weighted by molar-refractivity contribution is 6.31. The molecule has 6 heteroatoms. The molecule has 1 N–H and O–H groups in total. The molecule has 0 bridgehead atoms. The van der Waals surface area contributed by atoms with Crippen LogP contribution in [0.15, 0.2) is 78.9 Å². The molecule has 0 saturated heterocycles. The Hall–Kier alpha value is -3.44. The number of hydrogen-bond acceptors (Lipinski definition) is 3. The molecule has 3 rings (SSSR count). The van der Waals surface area contributed by atoms with Crippen LogP contribution in [0.1, 0.15) is 11.1 Å². The van der Waals surface area contributed by atoms with E-state index in [1.165, 1.54) is 12.1 Å². The predicted octanol–water partition coefficient (Wildman–Crippen LogP) is 5.43. The van der Waals surface area contributed by atoms with Crippen molar-refractivity contribution in [1.29, 1.82) is 0 Å². The zero-order valence-electron chi connectivity index (χ0n) is 14.1. The van der Waals surface area contributed by atoms with Crippen LogP contribution in [0.4, 0.5) is 11.4 Å². The number of rotatable bonds is 5. The Bertz CT molecular complexity index is 999. The van der Waals surface area contributed by atoms with Gasteiger partial charge < -0.3 is 5.32 Å². The molecule has 0 heterocycles. The van der Waals surface area contributed by atoms with Crippen LogP contribution in [-0.2, 0) is 4.79 Å². The standard InChI is InChI=1S/C21H15ClN2O3/c22-17-9-11-18(12-10-17)23-21(25)20(16-6-2-1-3-7-16)14-15-5-4-8-19(13-15)24(26)27/h1-14H,(H,23,25)/b20-14-. The molecule has 1 amide bonds. The summed E-state index contributed by atoms with van der Waals surface area (Å²) in [7, 11) is 0. The third kappa shape index (κ3) is 4.80. The Kier molecular flexibility index (Phi) is 5.64. The van der Waals surface area contributed by atoms with E-state index in [2.05, 4.69) is 5.32 Å². The van der Waals surface area contributed by atoms with Crippen molar-refractivity contribution < 1.29 is 9.72 Å². The minimum absolute atomic E-state index is 0.0331. The van der Waals surface area contributed by atoms with Gasteiger partial charge in [0.25, 0.3) is 11.6 Å². The highest BCUT2D eigenvalue weighted by atomic mass is 35.5. The average molecular weight is 379 g/mol. The van der Waals surface area contributed by atoms with Crippen LogP contribution < -0.4 is 5.32 Å². The summed E-state index contributed by atoms with van der Waals surface area (Å²) in [6, 6.07) is 22.0. The largest absolute Gasteiger partial charge is 0.322 e. The van der Waals surface area contributed by atoms with Gasteiger partial charge >= 0.3 is 0 Å². The molecular formula is C21H15ClN2O3. The van der Waals surface area contributed by atoms with Crippen LogP contribution in [0.25, 0.3) is 11.6 Å². The monoisotopic (exact) mass is 378 g/mol. The van der Waals surface area contributed by atoms with E-state index in [1.807, 2.05) is 30.3 Å². The fraction of sp³-hybridized carbons (Fsp3) is 0. The van der Waals surface area contributed by atoms with Gasteiger partial charge in [0.2, 0.25) is 0 Å². The zero-order chi connectivity index (χ0) is 19.2. The van der Waals surface area contributed by atoms with Crippen molar-refractivity contribution in [2.24, 2.45) is 0 Å². The molecule has 0 aliphatic carbocycles. The van der Waals surface area contributed by atoms with Crippen LogP contribution in [-0.4, -0.2) is 10.8 Å². The SMILES string of the molecule is O=C(Nc1ccc(Cl)cc1)/C(=C\c1cccc([N+](=O)[O-])c1)c1ccccc1. The Morgan fingerprint density at radius 2 is 1.67 bits per heavy atom. The fourth-order valence-electron chi connectivity index (χ4n) is 2.52. The maximum absolute atomic E-state index is 12.9. The number of nitro groups is 1. The first-order valence-corrected chi connectivity index (χ1v) is 8.49. The number of nitro benzene ring substituents is 1. The van der Waals surface area contributed by atoms with Gasteiger partial charge in [0.05, 0.1) is 4.92 Å². The zero-order valence-corrected chi connectivity index (χ0v) is 14.9. The van der Waals surface area contributed by atoms with Crippen molar-refractivity contribution in [3.05, 3.63) is 105 Å². The van der Waals surface area contributed by atoms with Gasteiger partial charge in [-0.15, -0.1) is 0 Å². The minimum atomic E-state index is -0.465. The molecule has 27 heavy (non-hydrogen) atoms. The highest BCUT2D eigenvalue weighted by Gasteiger charge is 2.13. The van der Waals surface area contributed by atoms with Gasteiger partial charge in [0, 0.05) is 28.4 Å². The first kappa shape index (κ1) is 18.4. The molecule has 0 radical (unpaired) electrons. The summed E-state index contributed by atoms with van der Waals surface area (Å²) in [5.41, 5.74) is 2.23. The summed E-state index contributed by atoms with van der Waals surface area (Å²) in [6.07, 6.45) is 1.63. The van der Waals surface area contributed by atoms with E-state index < -0.39 is 4.92 Å². The molecule has 0 aliphatic rings. The number of amides is 1. The van der Waals surface area contributed by atoms with E-state index in [0.717, 1.165) is 0 Å². The second-order valence-corrected chi connectivity index (χ2v) is 6.17. The summed E-state index contributed by atoms with van der Waals surface area (Å²) in [5.74, 6) is -0.324. The van der Waals surface area contributed by atoms with Crippen LogP contribution >= 0.6 is 11.6 Å². The number of halogens is 1. The quantitative estimate of drug-likeness (QED) is 0.278. The van der Waals surface area contributed by atoms with Gasteiger partial charge in [-0.05, 0) is 41.5 Å². The number of nitrogens with zero attached hydrogens (tertiary/aromatic N) is 1. The molecule has 3 aromatic rings. The van der Waals surface area contributed by atoms with Gasteiger partial charge in [-0.3, -0.25) is 14.9 Å². The summed E-state index contributed by atoms with van der Waals surface area (Å²) in [6.45, 7) is 0. The molecule has 0 saturated carbocycles. The summed E-state index contributed by atoms with van der Waals surface area (Å²) >= 11 is 5.88. The number of nitrogens with one attached hydrogen (secondary N) is 1. The lowest BCUT2D eigenvalue weighted by Crippen LogP contribution is -2.13. The van der Waals surface area contributed by atoms with E-state index >= 15 is 0 Å². The first-order chi connectivity index (χ1) is 13.0. The smallest absolute Gasteiger partial charge is 0.270 e. The molecule has 0 aliphatic heterocycles. The maximum atomic E-state index is 12.9.